The lowest BCUT2D eigenvalue weighted by atomic mass is 9.94. The Hall–Kier alpha value is -4.30. The normalized spacial score (nSPS) is 19.4. The van der Waals surface area contributed by atoms with E-state index in [1.165, 1.54) is 19.1 Å². The number of likely N-dealkylation sites (N-methyl/N-ethyl adjacent to an activating group) is 1. The molecule has 3 aromatic rings. The SMILES string of the molecule is COc1ccc(OC)c(/C(O)=C2\C(=O)C(=O)N(c3ccc(N4CCN(C)CC4)cc3)C2c2cccc(C)c2)c1. The molecular weight excluding hydrogens is 494 g/mol. The van der Waals surface area contributed by atoms with E-state index >= 15 is 0 Å². The number of carbonyl (C=O) groups excluding carboxylic acids is 2. The van der Waals surface area contributed by atoms with Crippen molar-refractivity contribution in [3.05, 3.63) is 89.0 Å². The Balaban J connectivity index is 1.62. The van der Waals surface area contributed by atoms with Gasteiger partial charge in [0.2, 0.25) is 0 Å². The summed E-state index contributed by atoms with van der Waals surface area (Å²) in [5.41, 5.74) is 3.62. The van der Waals surface area contributed by atoms with Crippen LogP contribution < -0.4 is 19.3 Å². The molecule has 1 atom stereocenters. The Kier molecular flexibility index (Phi) is 7.30. The summed E-state index contributed by atoms with van der Waals surface area (Å²) in [7, 11) is 5.11. The van der Waals surface area contributed by atoms with E-state index < -0.39 is 17.7 Å². The van der Waals surface area contributed by atoms with E-state index in [2.05, 4.69) is 16.8 Å². The van der Waals surface area contributed by atoms with Crippen molar-refractivity contribution >= 4 is 28.8 Å². The minimum Gasteiger partial charge on any atom is -0.507 e. The lowest BCUT2D eigenvalue weighted by molar-refractivity contribution is -0.132. The maximum Gasteiger partial charge on any atom is 0.300 e. The van der Waals surface area contributed by atoms with Crippen LogP contribution in [0.15, 0.2) is 72.3 Å². The number of anilines is 2. The lowest BCUT2D eigenvalue weighted by Gasteiger charge is -2.34. The van der Waals surface area contributed by atoms with E-state index in [4.69, 9.17) is 9.47 Å². The van der Waals surface area contributed by atoms with Crippen LogP contribution in [0.2, 0.25) is 0 Å². The van der Waals surface area contributed by atoms with Gasteiger partial charge in [0.1, 0.15) is 17.3 Å². The number of piperazine rings is 1. The zero-order valence-corrected chi connectivity index (χ0v) is 22.7. The number of aliphatic hydroxyl groups excluding tert-OH is 1. The monoisotopic (exact) mass is 527 g/mol. The van der Waals surface area contributed by atoms with Crippen LogP contribution in [0.3, 0.4) is 0 Å². The van der Waals surface area contributed by atoms with Crippen LogP contribution >= 0.6 is 0 Å². The van der Waals surface area contributed by atoms with Crippen molar-refractivity contribution in [2.45, 2.75) is 13.0 Å². The van der Waals surface area contributed by atoms with Gasteiger partial charge in [0.05, 0.1) is 31.4 Å². The highest BCUT2D eigenvalue weighted by atomic mass is 16.5. The summed E-state index contributed by atoms with van der Waals surface area (Å²) in [6.07, 6.45) is 0. The number of benzene rings is 3. The molecule has 0 aromatic heterocycles. The van der Waals surface area contributed by atoms with E-state index in [-0.39, 0.29) is 16.9 Å². The zero-order valence-electron chi connectivity index (χ0n) is 22.7. The molecule has 2 aliphatic rings. The molecule has 1 amide bonds. The van der Waals surface area contributed by atoms with Crippen LogP contribution in [-0.2, 0) is 9.59 Å². The van der Waals surface area contributed by atoms with Gasteiger partial charge in [-0.1, -0.05) is 29.8 Å². The van der Waals surface area contributed by atoms with Crippen molar-refractivity contribution in [1.29, 1.82) is 0 Å². The number of aliphatic hydroxyl groups is 1. The molecule has 39 heavy (non-hydrogen) atoms. The molecule has 1 N–H and O–H groups in total. The summed E-state index contributed by atoms with van der Waals surface area (Å²) in [6.45, 7) is 5.76. The molecule has 0 saturated carbocycles. The number of rotatable bonds is 6. The molecule has 8 nitrogen and oxygen atoms in total. The van der Waals surface area contributed by atoms with E-state index in [1.807, 2.05) is 55.5 Å². The maximum absolute atomic E-state index is 13.6. The van der Waals surface area contributed by atoms with Gasteiger partial charge in [-0.2, -0.15) is 0 Å². The fourth-order valence-electron chi connectivity index (χ4n) is 5.29. The van der Waals surface area contributed by atoms with Gasteiger partial charge in [-0.25, -0.2) is 0 Å². The van der Waals surface area contributed by atoms with Gasteiger partial charge in [-0.3, -0.25) is 14.5 Å². The Morgan fingerprint density at radius 1 is 0.872 bits per heavy atom. The van der Waals surface area contributed by atoms with E-state index in [1.54, 1.807) is 18.2 Å². The van der Waals surface area contributed by atoms with Gasteiger partial charge in [0, 0.05) is 37.6 Å². The number of methoxy groups -OCH3 is 2. The third-order valence-electron chi connectivity index (χ3n) is 7.46. The number of hydrogen-bond donors (Lipinski definition) is 1. The summed E-state index contributed by atoms with van der Waals surface area (Å²) < 4.78 is 10.8. The molecule has 5 rings (SSSR count). The molecule has 0 radical (unpaired) electrons. The van der Waals surface area contributed by atoms with Gasteiger partial charge < -0.3 is 24.4 Å². The van der Waals surface area contributed by atoms with Crippen molar-refractivity contribution in [3.8, 4) is 11.5 Å². The Morgan fingerprint density at radius 3 is 2.21 bits per heavy atom. The first-order valence-electron chi connectivity index (χ1n) is 13.0. The number of nitrogens with zero attached hydrogens (tertiary/aromatic N) is 3. The predicted molar refractivity (Wildman–Crippen MR) is 152 cm³/mol. The first kappa shape index (κ1) is 26.3. The van der Waals surface area contributed by atoms with Crippen LogP contribution in [-0.4, -0.2) is 69.1 Å². The van der Waals surface area contributed by atoms with E-state index in [0.717, 1.165) is 43.0 Å². The van der Waals surface area contributed by atoms with E-state index in [0.29, 0.717) is 17.2 Å². The summed E-state index contributed by atoms with van der Waals surface area (Å²) in [4.78, 5) is 33.2. The highest BCUT2D eigenvalue weighted by Crippen LogP contribution is 2.44. The van der Waals surface area contributed by atoms with Crippen LogP contribution in [0.25, 0.3) is 5.76 Å². The smallest absolute Gasteiger partial charge is 0.300 e. The number of Topliss-reactive ketones (excluding diaryl/α,β-unsaturated/α-hetero) is 1. The molecule has 202 valence electrons. The zero-order chi connectivity index (χ0) is 27.7. The molecule has 0 bridgehead atoms. The van der Waals surface area contributed by atoms with Gasteiger partial charge in [-0.15, -0.1) is 0 Å². The van der Waals surface area contributed by atoms with Gasteiger partial charge in [0.25, 0.3) is 11.7 Å². The second kappa shape index (κ2) is 10.8. The van der Waals surface area contributed by atoms with E-state index in [9.17, 15) is 14.7 Å². The summed E-state index contributed by atoms with van der Waals surface area (Å²) in [5.74, 6) is -0.923. The fourth-order valence-corrected chi connectivity index (χ4v) is 5.29. The summed E-state index contributed by atoms with van der Waals surface area (Å²) in [6, 6.07) is 19.5. The number of ether oxygens (including phenoxy) is 2. The molecule has 1 unspecified atom stereocenters. The summed E-state index contributed by atoms with van der Waals surface area (Å²) >= 11 is 0. The largest absolute Gasteiger partial charge is 0.507 e. The molecule has 2 fully saturated rings. The lowest BCUT2D eigenvalue weighted by Crippen LogP contribution is -2.44. The molecular formula is C31H33N3O5. The number of amides is 1. The number of ketones is 1. The third-order valence-corrected chi connectivity index (χ3v) is 7.46. The number of hydrogen-bond acceptors (Lipinski definition) is 7. The van der Waals surface area contributed by atoms with Crippen molar-refractivity contribution in [2.75, 3.05) is 57.2 Å². The second-order valence-corrected chi connectivity index (χ2v) is 9.96. The Labute approximate surface area is 228 Å². The molecule has 2 aliphatic heterocycles. The summed E-state index contributed by atoms with van der Waals surface area (Å²) in [5, 5.41) is 11.6. The van der Waals surface area contributed by atoms with Gasteiger partial charge in [-0.05, 0) is 62.0 Å². The Morgan fingerprint density at radius 2 is 1.56 bits per heavy atom. The topological polar surface area (TPSA) is 82.5 Å². The first-order chi connectivity index (χ1) is 18.8. The highest BCUT2D eigenvalue weighted by molar-refractivity contribution is 6.51. The molecule has 2 heterocycles. The van der Waals surface area contributed by atoms with Crippen LogP contribution in [0.5, 0.6) is 11.5 Å². The molecule has 3 aromatic carbocycles. The molecule has 0 spiro atoms. The van der Waals surface area contributed by atoms with Crippen molar-refractivity contribution in [2.24, 2.45) is 0 Å². The van der Waals surface area contributed by atoms with Gasteiger partial charge in [0.15, 0.2) is 0 Å². The Bertz CT molecular complexity index is 1420. The third kappa shape index (κ3) is 4.95. The second-order valence-electron chi connectivity index (χ2n) is 9.96. The molecule has 0 aliphatic carbocycles. The quantitative estimate of drug-likeness (QED) is 0.289. The van der Waals surface area contributed by atoms with Crippen molar-refractivity contribution in [3.63, 3.8) is 0 Å². The first-order valence-corrected chi connectivity index (χ1v) is 13.0. The standard InChI is InChI=1S/C31H33N3O5/c1-20-6-5-7-21(18-20)28-27(29(35)25-19-24(38-3)12-13-26(25)39-4)30(36)31(37)34(28)23-10-8-22(9-11-23)33-16-14-32(2)15-17-33/h5-13,18-19,28,35H,14-17H2,1-4H3/b29-27+. The predicted octanol–water partition coefficient (Wildman–Crippen LogP) is 4.39. The fraction of sp³-hybridized carbons (Fsp3) is 0.290. The minimum absolute atomic E-state index is 0.000275. The highest BCUT2D eigenvalue weighted by Gasteiger charge is 2.47. The maximum atomic E-state index is 13.6. The number of aryl methyl sites for hydroxylation is 1. The molecule has 2 saturated heterocycles. The minimum atomic E-state index is -0.824. The molecule has 8 heteroatoms. The van der Waals surface area contributed by atoms with Crippen LogP contribution in [0.4, 0.5) is 11.4 Å². The average molecular weight is 528 g/mol. The van der Waals surface area contributed by atoms with Crippen molar-refractivity contribution in [1.82, 2.24) is 4.90 Å². The van der Waals surface area contributed by atoms with Gasteiger partial charge >= 0.3 is 0 Å². The number of carbonyl (C=O) groups is 2. The van der Waals surface area contributed by atoms with Crippen molar-refractivity contribution < 1.29 is 24.2 Å². The average Bonchev–Trinajstić information content (AvgIpc) is 3.22. The van der Waals surface area contributed by atoms with Crippen LogP contribution in [0.1, 0.15) is 22.7 Å². The van der Waals surface area contributed by atoms with Crippen LogP contribution in [0, 0.1) is 6.92 Å².